The number of non-ortho nitro benzene ring substituents is 1. The summed E-state index contributed by atoms with van der Waals surface area (Å²) in [6.07, 6.45) is 0. The van der Waals surface area contributed by atoms with Gasteiger partial charge in [-0.1, -0.05) is 22.0 Å². The van der Waals surface area contributed by atoms with E-state index in [1.165, 1.54) is 18.2 Å². The Labute approximate surface area is 168 Å². The summed E-state index contributed by atoms with van der Waals surface area (Å²) in [5.74, 6) is -0.674. The molecular weight excluding hydrogens is 426 g/mol. The van der Waals surface area contributed by atoms with Crippen molar-refractivity contribution >= 4 is 44.8 Å². The van der Waals surface area contributed by atoms with Crippen LogP contribution in [-0.2, 0) is 0 Å². The summed E-state index contributed by atoms with van der Waals surface area (Å²) < 4.78 is 0.878. The van der Waals surface area contributed by atoms with Crippen LogP contribution >= 0.6 is 15.9 Å². The monoisotopic (exact) mass is 439 g/mol. The van der Waals surface area contributed by atoms with Crippen molar-refractivity contribution in [2.24, 2.45) is 0 Å². The van der Waals surface area contributed by atoms with Gasteiger partial charge in [-0.3, -0.25) is 19.7 Å². The normalized spacial score (nSPS) is 10.2. The van der Waals surface area contributed by atoms with Gasteiger partial charge in [0.2, 0.25) is 0 Å². The molecule has 8 heteroatoms. The Hall–Kier alpha value is -3.52. The quantitative estimate of drug-likeness (QED) is 0.437. The average Bonchev–Trinajstić information content (AvgIpc) is 2.69. The van der Waals surface area contributed by atoms with Crippen molar-refractivity contribution in [3.05, 3.63) is 98.5 Å². The molecule has 7 nitrogen and oxygen atoms in total. The fourth-order valence-electron chi connectivity index (χ4n) is 2.41. The Morgan fingerprint density at radius 2 is 1.32 bits per heavy atom. The first-order valence-electron chi connectivity index (χ1n) is 8.15. The maximum Gasteiger partial charge on any atom is 0.271 e. The summed E-state index contributed by atoms with van der Waals surface area (Å²) in [5, 5.41) is 16.2. The Balaban J connectivity index is 1.65. The lowest BCUT2D eigenvalue weighted by atomic mass is 10.1. The van der Waals surface area contributed by atoms with E-state index < -0.39 is 10.8 Å². The van der Waals surface area contributed by atoms with E-state index in [-0.39, 0.29) is 11.6 Å². The number of carbonyl (C=O) groups is 2. The second kappa shape index (κ2) is 8.45. The molecule has 0 saturated heterocycles. The van der Waals surface area contributed by atoms with Gasteiger partial charge in [-0.2, -0.15) is 0 Å². The van der Waals surface area contributed by atoms with Crippen LogP contribution in [0.4, 0.5) is 17.1 Å². The van der Waals surface area contributed by atoms with Crippen LogP contribution in [0.1, 0.15) is 20.7 Å². The van der Waals surface area contributed by atoms with Crippen molar-refractivity contribution in [3.8, 4) is 0 Å². The van der Waals surface area contributed by atoms with E-state index in [1.54, 1.807) is 54.6 Å². The highest BCUT2D eigenvalue weighted by Gasteiger charge is 2.11. The summed E-state index contributed by atoms with van der Waals surface area (Å²) in [5.41, 5.74) is 1.62. The van der Waals surface area contributed by atoms with E-state index in [0.29, 0.717) is 22.5 Å². The maximum absolute atomic E-state index is 12.3. The lowest BCUT2D eigenvalue weighted by molar-refractivity contribution is -0.384. The summed E-state index contributed by atoms with van der Waals surface area (Å²) >= 11 is 3.31. The predicted octanol–water partition coefficient (Wildman–Crippen LogP) is 4.86. The first-order chi connectivity index (χ1) is 13.4. The molecule has 3 aromatic rings. The summed E-state index contributed by atoms with van der Waals surface area (Å²) in [6.45, 7) is 0. The van der Waals surface area contributed by atoms with Crippen molar-refractivity contribution in [2.45, 2.75) is 0 Å². The van der Waals surface area contributed by atoms with Gasteiger partial charge in [0.05, 0.1) is 4.92 Å². The third kappa shape index (κ3) is 4.80. The molecule has 0 aromatic heterocycles. The number of nitrogens with zero attached hydrogens (tertiary/aromatic N) is 1. The maximum atomic E-state index is 12.3. The SMILES string of the molecule is O=C(Nc1ccc(C(=O)Nc2cccc([N+](=O)[O-])c2)cc1)c1ccc(Br)cc1. The summed E-state index contributed by atoms with van der Waals surface area (Å²) in [7, 11) is 0. The van der Waals surface area contributed by atoms with Crippen molar-refractivity contribution in [1.29, 1.82) is 0 Å². The zero-order valence-electron chi connectivity index (χ0n) is 14.4. The number of benzene rings is 3. The van der Waals surface area contributed by atoms with E-state index in [1.807, 2.05) is 0 Å². The number of halogens is 1. The Bertz CT molecular complexity index is 1030. The molecule has 0 aliphatic rings. The number of amides is 2. The molecule has 0 aliphatic carbocycles. The zero-order chi connectivity index (χ0) is 20.1. The molecule has 3 rings (SSSR count). The van der Waals surface area contributed by atoms with E-state index in [0.717, 1.165) is 4.47 Å². The first-order valence-corrected chi connectivity index (χ1v) is 8.94. The highest BCUT2D eigenvalue weighted by molar-refractivity contribution is 9.10. The van der Waals surface area contributed by atoms with E-state index >= 15 is 0 Å². The lowest BCUT2D eigenvalue weighted by Crippen LogP contribution is -2.13. The van der Waals surface area contributed by atoms with Crippen molar-refractivity contribution in [1.82, 2.24) is 0 Å². The second-order valence-electron chi connectivity index (χ2n) is 5.80. The van der Waals surface area contributed by atoms with E-state index in [9.17, 15) is 19.7 Å². The molecule has 28 heavy (non-hydrogen) atoms. The van der Waals surface area contributed by atoms with Gasteiger partial charge in [-0.05, 0) is 54.6 Å². The third-order valence-electron chi connectivity index (χ3n) is 3.83. The average molecular weight is 440 g/mol. The van der Waals surface area contributed by atoms with E-state index in [4.69, 9.17) is 0 Å². The smallest absolute Gasteiger partial charge is 0.271 e. The highest BCUT2D eigenvalue weighted by Crippen LogP contribution is 2.19. The second-order valence-corrected chi connectivity index (χ2v) is 6.72. The molecule has 0 fully saturated rings. The summed E-state index contributed by atoms with van der Waals surface area (Å²) in [4.78, 5) is 34.8. The molecule has 0 aliphatic heterocycles. The number of nitrogens with one attached hydrogen (secondary N) is 2. The van der Waals surface area contributed by atoms with Crippen LogP contribution in [-0.4, -0.2) is 16.7 Å². The molecule has 0 bridgehead atoms. The number of anilines is 2. The van der Waals surface area contributed by atoms with Crippen molar-refractivity contribution in [2.75, 3.05) is 10.6 Å². The molecular formula is C20H14BrN3O4. The van der Waals surface area contributed by atoms with Gasteiger partial charge in [-0.15, -0.1) is 0 Å². The lowest BCUT2D eigenvalue weighted by Gasteiger charge is -2.08. The topological polar surface area (TPSA) is 101 Å². The van der Waals surface area contributed by atoms with Crippen molar-refractivity contribution < 1.29 is 14.5 Å². The van der Waals surface area contributed by atoms with E-state index in [2.05, 4.69) is 26.6 Å². The highest BCUT2D eigenvalue weighted by atomic mass is 79.9. The number of nitro groups is 1. The summed E-state index contributed by atoms with van der Waals surface area (Å²) in [6, 6.07) is 19.0. The third-order valence-corrected chi connectivity index (χ3v) is 4.35. The molecule has 0 saturated carbocycles. The number of carbonyl (C=O) groups excluding carboxylic acids is 2. The number of nitro benzene ring substituents is 1. The molecule has 0 radical (unpaired) electrons. The fraction of sp³-hybridized carbons (Fsp3) is 0. The van der Waals surface area contributed by atoms with Gasteiger partial charge in [0.25, 0.3) is 17.5 Å². The first kappa shape index (κ1) is 19.2. The van der Waals surface area contributed by atoms with Crippen LogP contribution in [0.5, 0.6) is 0 Å². The van der Waals surface area contributed by atoms with Crippen LogP contribution in [0.2, 0.25) is 0 Å². The van der Waals surface area contributed by atoms with Gasteiger partial charge in [0.15, 0.2) is 0 Å². The van der Waals surface area contributed by atoms with Crippen LogP contribution in [0.15, 0.2) is 77.3 Å². The molecule has 0 spiro atoms. The number of rotatable bonds is 5. The molecule has 2 N–H and O–H groups in total. The minimum absolute atomic E-state index is 0.108. The molecule has 0 heterocycles. The van der Waals surface area contributed by atoms with Gasteiger partial charge >= 0.3 is 0 Å². The number of hydrogen-bond acceptors (Lipinski definition) is 4. The minimum atomic E-state index is -0.529. The molecule has 140 valence electrons. The van der Waals surface area contributed by atoms with Crippen LogP contribution in [0, 0.1) is 10.1 Å². The van der Waals surface area contributed by atoms with Gasteiger partial charge in [0.1, 0.15) is 0 Å². The fourth-order valence-corrected chi connectivity index (χ4v) is 2.67. The van der Waals surface area contributed by atoms with Crippen LogP contribution in [0.25, 0.3) is 0 Å². The van der Waals surface area contributed by atoms with Gasteiger partial charge in [0, 0.05) is 39.1 Å². The van der Waals surface area contributed by atoms with Gasteiger partial charge < -0.3 is 10.6 Å². The van der Waals surface area contributed by atoms with Crippen LogP contribution < -0.4 is 10.6 Å². The van der Waals surface area contributed by atoms with Gasteiger partial charge in [-0.25, -0.2) is 0 Å². The zero-order valence-corrected chi connectivity index (χ0v) is 16.0. The van der Waals surface area contributed by atoms with Crippen LogP contribution in [0.3, 0.4) is 0 Å². The molecule has 0 atom stereocenters. The van der Waals surface area contributed by atoms with Crippen molar-refractivity contribution in [3.63, 3.8) is 0 Å². The standard InChI is InChI=1S/C20H14BrN3O4/c21-15-8-4-13(5-9-15)19(25)22-16-10-6-14(7-11-16)20(26)23-17-2-1-3-18(12-17)24(27)28/h1-12H,(H,22,25)(H,23,26). The minimum Gasteiger partial charge on any atom is -0.322 e. The molecule has 0 unspecified atom stereocenters. The largest absolute Gasteiger partial charge is 0.322 e. The molecule has 3 aromatic carbocycles. The Morgan fingerprint density at radius 3 is 1.89 bits per heavy atom. The predicted molar refractivity (Wildman–Crippen MR) is 110 cm³/mol. The Kier molecular flexibility index (Phi) is 5.81. The number of hydrogen-bond donors (Lipinski definition) is 2. The Morgan fingerprint density at radius 1 is 0.786 bits per heavy atom. The molecule has 2 amide bonds.